The van der Waals surface area contributed by atoms with Gasteiger partial charge in [0.2, 0.25) is 5.88 Å². The number of nitrogens with two attached hydrogens (primary N) is 1. The summed E-state index contributed by atoms with van der Waals surface area (Å²) in [5.74, 6) is 1.03. The summed E-state index contributed by atoms with van der Waals surface area (Å²) in [7, 11) is 0. The maximum Gasteiger partial charge on any atom is 0.277 e. The molecule has 2 rings (SSSR count). The quantitative estimate of drug-likeness (QED) is 0.772. The van der Waals surface area contributed by atoms with Gasteiger partial charge in [0.25, 0.3) is 5.56 Å². The van der Waals surface area contributed by atoms with Crippen LogP contribution >= 0.6 is 0 Å². The first-order chi connectivity index (χ1) is 7.27. The van der Waals surface area contributed by atoms with Crippen LogP contribution in [-0.4, -0.2) is 16.6 Å². The van der Waals surface area contributed by atoms with Gasteiger partial charge in [0.15, 0.2) is 5.69 Å². The Morgan fingerprint density at radius 3 is 3.07 bits per heavy atom. The number of nitrogens with zero attached hydrogens (tertiary/aromatic N) is 1. The minimum absolute atomic E-state index is 0.0612. The Labute approximate surface area is 87.7 Å². The van der Waals surface area contributed by atoms with Crippen molar-refractivity contribution >= 4 is 5.69 Å². The Morgan fingerprint density at radius 1 is 1.60 bits per heavy atom. The van der Waals surface area contributed by atoms with Crippen LogP contribution in [0.4, 0.5) is 5.69 Å². The zero-order chi connectivity index (χ0) is 10.7. The van der Waals surface area contributed by atoms with E-state index in [0.29, 0.717) is 6.61 Å². The number of aromatic nitrogens is 2. The predicted molar refractivity (Wildman–Crippen MR) is 56.7 cm³/mol. The van der Waals surface area contributed by atoms with Gasteiger partial charge in [-0.25, -0.2) is 4.98 Å². The smallest absolute Gasteiger partial charge is 0.277 e. The normalized spacial score (nSPS) is 16.0. The van der Waals surface area contributed by atoms with Crippen molar-refractivity contribution in [1.29, 1.82) is 0 Å². The third-order valence-electron chi connectivity index (χ3n) is 2.84. The standard InChI is InChI=1S/C10H15N3O2/c11-8-9(14)12-6-13-10(8)15-5-4-7-2-1-3-7/h6-7H,1-5,11H2,(H,12,13,14). The van der Waals surface area contributed by atoms with E-state index < -0.39 is 0 Å². The molecule has 0 amide bonds. The van der Waals surface area contributed by atoms with Crippen LogP contribution < -0.4 is 16.0 Å². The summed E-state index contributed by atoms with van der Waals surface area (Å²) in [6, 6.07) is 0. The Balaban J connectivity index is 1.87. The first-order valence-electron chi connectivity index (χ1n) is 5.23. The lowest BCUT2D eigenvalue weighted by molar-refractivity contribution is 0.218. The number of hydrogen-bond acceptors (Lipinski definition) is 4. The largest absolute Gasteiger partial charge is 0.476 e. The zero-order valence-electron chi connectivity index (χ0n) is 8.53. The van der Waals surface area contributed by atoms with Gasteiger partial charge in [-0.2, -0.15) is 0 Å². The summed E-state index contributed by atoms with van der Waals surface area (Å²) in [5, 5.41) is 0. The maximum atomic E-state index is 11.1. The van der Waals surface area contributed by atoms with Crippen LogP contribution in [0.25, 0.3) is 0 Å². The van der Waals surface area contributed by atoms with Gasteiger partial charge in [0, 0.05) is 0 Å². The third kappa shape index (κ3) is 2.29. The van der Waals surface area contributed by atoms with E-state index in [2.05, 4.69) is 9.97 Å². The Hall–Kier alpha value is -1.52. The highest BCUT2D eigenvalue weighted by atomic mass is 16.5. The molecule has 0 spiro atoms. The SMILES string of the molecule is Nc1c(OCCC2CCC2)nc[nH]c1=O. The highest BCUT2D eigenvalue weighted by Crippen LogP contribution is 2.29. The fraction of sp³-hybridized carbons (Fsp3) is 0.600. The highest BCUT2D eigenvalue weighted by molar-refractivity contribution is 5.44. The first-order valence-corrected chi connectivity index (χ1v) is 5.23. The molecule has 1 aromatic heterocycles. The molecule has 3 N–H and O–H groups in total. The van der Waals surface area contributed by atoms with Gasteiger partial charge in [0.1, 0.15) is 0 Å². The van der Waals surface area contributed by atoms with E-state index in [-0.39, 0.29) is 17.1 Å². The highest BCUT2D eigenvalue weighted by Gasteiger charge is 2.17. The van der Waals surface area contributed by atoms with Crippen LogP contribution in [-0.2, 0) is 0 Å². The first kappa shape index (κ1) is 10.0. The average molecular weight is 209 g/mol. The minimum atomic E-state index is -0.344. The van der Waals surface area contributed by atoms with Crippen LogP contribution in [0, 0.1) is 5.92 Å². The zero-order valence-corrected chi connectivity index (χ0v) is 8.53. The second-order valence-corrected chi connectivity index (χ2v) is 3.88. The molecule has 1 aliphatic carbocycles. The molecule has 82 valence electrons. The molecule has 1 saturated carbocycles. The van der Waals surface area contributed by atoms with Gasteiger partial charge in [-0.05, 0) is 12.3 Å². The van der Waals surface area contributed by atoms with Crippen molar-refractivity contribution in [3.63, 3.8) is 0 Å². The number of rotatable bonds is 4. The summed E-state index contributed by atoms with van der Waals surface area (Å²) in [6.07, 6.45) is 6.24. The van der Waals surface area contributed by atoms with E-state index in [1.165, 1.54) is 25.6 Å². The molecule has 1 aromatic rings. The van der Waals surface area contributed by atoms with Crippen LogP contribution in [0.15, 0.2) is 11.1 Å². The summed E-state index contributed by atoms with van der Waals surface area (Å²) in [6.45, 7) is 0.589. The number of nitrogens with one attached hydrogen (secondary N) is 1. The van der Waals surface area contributed by atoms with E-state index in [1.807, 2.05) is 0 Å². The average Bonchev–Trinajstić information content (AvgIpc) is 2.16. The van der Waals surface area contributed by atoms with Crippen molar-refractivity contribution < 1.29 is 4.74 Å². The molecule has 5 nitrogen and oxygen atoms in total. The molecule has 0 saturated heterocycles. The minimum Gasteiger partial charge on any atom is -0.476 e. The molecule has 0 radical (unpaired) electrons. The van der Waals surface area contributed by atoms with E-state index in [9.17, 15) is 4.79 Å². The molecule has 0 unspecified atom stereocenters. The lowest BCUT2D eigenvalue weighted by Crippen LogP contribution is -2.17. The maximum absolute atomic E-state index is 11.1. The molecule has 5 heteroatoms. The Morgan fingerprint density at radius 2 is 2.40 bits per heavy atom. The lowest BCUT2D eigenvalue weighted by Gasteiger charge is -2.24. The Bertz CT molecular complexity index is 384. The second-order valence-electron chi connectivity index (χ2n) is 3.88. The van der Waals surface area contributed by atoms with Crippen LogP contribution in [0.5, 0.6) is 5.88 Å². The molecule has 1 heterocycles. The van der Waals surface area contributed by atoms with Crippen molar-refractivity contribution in [1.82, 2.24) is 9.97 Å². The van der Waals surface area contributed by atoms with E-state index in [0.717, 1.165) is 12.3 Å². The van der Waals surface area contributed by atoms with Crippen LogP contribution in [0.3, 0.4) is 0 Å². The number of anilines is 1. The van der Waals surface area contributed by atoms with Gasteiger partial charge in [0.05, 0.1) is 12.9 Å². The van der Waals surface area contributed by atoms with Crippen molar-refractivity contribution in [3.8, 4) is 5.88 Å². The molecule has 15 heavy (non-hydrogen) atoms. The molecule has 0 aliphatic heterocycles. The van der Waals surface area contributed by atoms with Gasteiger partial charge in [-0.15, -0.1) is 0 Å². The number of hydrogen-bond donors (Lipinski definition) is 2. The summed E-state index contributed by atoms with van der Waals surface area (Å²) in [5.41, 5.74) is 5.23. The van der Waals surface area contributed by atoms with Gasteiger partial charge in [-0.3, -0.25) is 4.79 Å². The molecule has 0 atom stereocenters. The summed E-state index contributed by atoms with van der Waals surface area (Å²) >= 11 is 0. The van der Waals surface area contributed by atoms with Crippen molar-refractivity contribution in [3.05, 3.63) is 16.7 Å². The van der Waals surface area contributed by atoms with Gasteiger partial charge in [-0.1, -0.05) is 19.3 Å². The fourth-order valence-electron chi connectivity index (χ4n) is 1.61. The number of aromatic amines is 1. The van der Waals surface area contributed by atoms with Gasteiger partial charge < -0.3 is 15.5 Å². The second kappa shape index (κ2) is 4.33. The monoisotopic (exact) mass is 209 g/mol. The van der Waals surface area contributed by atoms with E-state index in [1.54, 1.807) is 0 Å². The lowest BCUT2D eigenvalue weighted by atomic mass is 9.83. The van der Waals surface area contributed by atoms with Crippen molar-refractivity contribution in [2.24, 2.45) is 5.92 Å². The fourth-order valence-corrected chi connectivity index (χ4v) is 1.61. The predicted octanol–water partition coefficient (Wildman–Crippen LogP) is 0.921. The molecule has 1 fully saturated rings. The van der Waals surface area contributed by atoms with Crippen LogP contribution in [0.1, 0.15) is 25.7 Å². The van der Waals surface area contributed by atoms with Gasteiger partial charge >= 0.3 is 0 Å². The number of H-pyrrole nitrogens is 1. The molecular weight excluding hydrogens is 194 g/mol. The van der Waals surface area contributed by atoms with Crippen molar-refractivity contribution in [2.45, 2.75) is 25.7 Å². The third-order valence-corrected chi connectivity index (χ3v) is 2.84. The molecule has 1 aliphatic rings. The summed E-state index contributed by atoms with van der Waals surface area (Å²) in [4.78, 5) is 17.4. The molecule has 0 bridgehead atoms. The topological polar surface area (TPSA) is 81.0 Å². The number of nitrogen functional groups attached to an aromatic ring is 1. The molecular formula is C10H15N3O2. The van der Waals surface area contributed by atoms with Crippen molar-refractivity contribution in [2.75, 3.05) is 12.3 Å². The number of ether oxygens (including phenoxy) is 1. The van der Waals surface area contributed by atoms with E-state index in [4.69, 9.17) is 10.5 Å². The Kier molecular flexibility index (Phi) is 2.89. The summed E-state index contributed by atoms with van der Waals surface area (Å²) < 4.78 is 5.37. The van der Waals surface area contributed by atoms with Crippen LogP contribution in [0.2, 0.25) is 0 Å². The molecule has 0 aromatic carbocycles. The van der Waals surface area contributed by atoms with E-state index >= 15 is 0 Å².